The van der Waals surface area contributed by atoms with Gasteiger partial charge in [-0.25, -0.2) is 8.42 Å². The van der Waals surface area contributed by atoms with Crippen LogP contribution in [0.5, 0.6) is 0 Å². The topological polar surface area (TPSA) is 54.4 Å². The van der Waals surface area contributed by atoms with Crippen molar-refractivity contribution in [1.29, 1.82) is 0 Å². The minimum absolute atomic E-state index is 0.150. The number of aliphatic hydroxyl groups excluding tert-OH is 1. The quantitative estimate of drug-likeness (QED) is 0.544. The minimum atomic E-state index is -3.03. The smallest absolute Gasteiger partial charge is 0.156 e. The summed E-state index contributed by atoms with van der Waals surface area (Å²) in [5.41, 5.74) is 5.53. The highest BCUT2D eigenvalue weighted by Gasteiger charge is 2.50. The first-order valence-electron chi connectivity index (χ1n) is 11.9. The molecule has 0 aromatic rings. The van der Waals surface area contributed by atoms with Crippen LogP contribution in [0.4, 0.5) is 0 Å². The van der Waals surface area contributed by atoms with E-state index in [9.17, 15) is 13.5 Å². The summed E-state index contributed by atoms with van der Waals surface area (Å²) in [6, 6.07) is 0. The van der Waals surface area contributed by atoms with Gasteiger partial charge in [0, 0.05) is 6.26 Å². The first kappa shape index (κ1) is 22.8. The molecule has 4 rings (SSSR count). The van der Waals surface area contributed by atoms with Crippen molar-refractivity contribution in [3.63, 3.8) is 0 Å². The summed E-state index contributed by atoms with van der Waals surface area (Å²) < 4.78 is 23.7. The fourth-order valence-electron chi connectivity index (χ4n) is 6.16. The van der Waals surface area contributed by atoms with Crippen LogP contribution in [0.2, 0.25) is 0 Å². The molecule has 4 atom stereocenters. The van der Waals surface area contributed by atoms with Gasteiger partial charge in [0.15, 0.2) is 9.84 Å². The van der Waals surface area contributed by atoms with Crippen molar-refractivity contribution in [3.8, 4) is 0 Å². The molecule has 3 fully saturated rings. The number of allylic oxidation sites excluding steroid dienone is 7. The Hall–Kier alpha value is -1.39. The van der Waals surface area contributed by atoms with Crippen LogP contribution in [0.3, 0.4) is 0 Å². The summed E-state index contributed by atoms with van der Waals surface area (Å²) in [4.78, 5) is 0. The average Bonchev–Trinajstić information content (AvgIpc) is 3.42. The van der Waals surface area contributed by atoms with Crippen molar-refractivity contribution in [2.45, 2.75) is 82.5 Å². The Bertz CT molecular complexity index is 974. The zero-order chi connectivity index (χ0) is 22.4. The van der Waals surface area contributed by atoms with E-state index < -0.39 is 14.6 Å². The monoisotopic (exact) mass is 442 g/mol. The maximum Gasteiger partial charge on any atom is 0.156 e. The Labute approximate surface area is 188 Å². The highest BCUT2D eigenvalue weighted by Crippen LogP contribution is 2.57. The first-order valence-corrected chi connectivity index (χ1v) is 13.8. The van der Waals surface area contributed by atoms with Crippen LogP contribution in [0.25, 0.3) is 0 Å². The van der Waals surface area contributed by atoms with E-state index in [0.717, 1.165) is 44.9 Å². The zero-order valence-electron chi connectivity index (χ0n) is 19.4. The SMILES string of the molecule is C=C1CCC(O)C/C1=C/C=C1\CCC[C@]2(C)C(C(C)/C=C/C3(S(C)(=O)=O)CC3)=CC[C@@H]12. The summed E-state index contributed by atoms with van der Waals surface area (Å²) >= 11 is 0. The van der Waals surface area contributed by atoms with Gasteiger partial charge in [0.2, 0.25) is 0 Å². The number of hydrogen-bond donors (Lipinski definition) is 1. The fourth-order valence-corrected chi connectivity index (χ4v) is 7.33. The predicted molar refractivity (Wildman–Crippen MR) is 128 cm³/mol. The van der Waals surface area contributed by atoms with Crippen LogP contribution < -0.4 is 0 Å². The molecule has 2 unspecified atom stereocenters. The third kappa shape index (κ3) is 4.30. The Kier molecular flexibility index (Phi) is 6.02. The molecule has 3 nitrogen and oxygen atoms in total. The second-order valence-electron chi connectivity index (χ2n) is 10.6. The second kappa shape index (κ2) is 8.19. The van der Waals surface area contributed by atoms with Gasteiger partial charge < -0.3 is 5.11 Å². The molecule has 0 aromatic heterocycles. The fraction of sp³-hybridized carbons (Fsp3) is 0.630. The third-order valence-electron chi connectivity index (χ3n) is 8.46. The summed E-state index contributed by atoms with van der Waals surface area (Å²) in [6.07, 6.45) is 20.8. The van der Waals surface area contributed by atoms with Gasteiger partial charge in [0.25, 0.3) is 0 Å². The molecule has 170 valence electrons. The lowest BCUT2D eigenvalue weighted by molar-refractivity contribution is 0.158. The van der Waals surface area contributed by atoms with Gasteiger partial charge in [-0.05, 0) is 80.6 Å². The van der Waals surface area contributed by atoms with Gasteiger partial charge in [-0.1, -0.05) is 67.5 Å². The summed E-state index contributed by atoms with van der Waals surface area (Å²) in [5.74, 6) is 0.788. The molecule has 0 aromatic carbocycles. The van der Waals surface area contributed by atoms with Crippen LogP contribution in [-0.4, -0.2) is 30.6 Å². The largest absolute Gasteiger partial charge is 0.393 e. The van der Waals surface area contributed by atoms with Gasteiger partial charge in [-0.2, -0.15) is 0 Å². The average molecular weight is 443 g/mol. The molecule has 3 saturated carbocycles. The van der Waals surface area contributed by atoms with Gasteiger partial charge in [-0.15, -0.1) is 0 Å². The Morgan fingerprint density at radius 3 is 2.65 bits per heavy atom. The number of hydrogen-bond acceptors (Lipinski definition) is 3. The van der Waals surface area contributed by atoms with Gasteiger partial charge in [0.05, 0.1) is 10.9 Å². The van der Waals surface area contributed by atoms with Crippen molar-refractivity contribution in [2.24, 2.45) is 17.3 Å². The number of sulfone groups is 1. The lowest BCUT2D eigenvalue weighted by Crippen LogP contribution is -2.32. The van der Waals surface area contributed by atoms with Gasteiger partial charge in [0.1, 0.15) is 0 Å². The maximum atomic E-state index is 12.1. The molecular formula is C27H38O3S. The number of fused-ring (bicyclic) bond motifs is 1. The van der Waals surface area contributed by atoms with Crippen molar-refractivity contribution in [2.75, 3.05) is 6.26 Å². The molecule has 0 spiro atoms. The van der Waals surface area contributed by atoms with E-state index in [0.29, 0.717) is 5.92 Å². The summed E-state index contributed by atoms with van der Waals surface area (Å²) in [5, 5.41) is 10.0. The molecule has 4 aliphatic rings. The standard InChI is InChI=1S/C27H38O3S/c1-19-7-10-23(28)18-22(19)9-8-21-6-5-14-26(3)24(11-12-25(21)26)20(2)13-15-27(16-17-27)31(4,29)30/h8-9,11,13,15,20,23,25,28H,1,5-7,10,12,14,16-18H2,2-4H3/b15-13+,21-8+,22-9-/t20?,23?,25-,26+/m0/s1. The van der Waals surface area contributed by atoms with Crippen molar-refractivity contribution >= 4 is 9.84 Å². The highest BCUT2D eigenvalue weighted by atomic mass is 32.2. The summed E-state index contributed by atoms with van der Waals surface area (Å²) in [6.45, 7) is 8.84. The van der Waals surface area contributed by atoms with Crippen molar-refractivity contribution in [3.05, 3.63) is 59.3 Å². The molecular weight excluding hydrogens is 404 g/mol. The van der Waals surface area contributed by atoms with E-state index in [1.165, 1.54) is 41.4 Å². The van der Waals surface area contributed by atoms with Crippen molar-refractivity contribution < 1.29 is 13.5 Å². The third-order valence-corrected chi connectivity index (χ3v) is 10.5. The highest BCUT2D eigenvalue weighted by molar-refractivity contribution is 7.92. The Morgan fingerprint density at radius 2 is 1.97 bits per heavy atom. The van der Waals surface area contributed by atoms with Crippen LogP contribution in [-0.2, 0) is 9.84 Å². The molecule has 4 aliphatic carbocycles. The van der Waals surface area contributed by atoms with Crippen LogP contribution in [0, 0.1) is 17.3 Å². The van der Waals surface area contributed by atoms with E-state index in [1.54, 1.807) is 0 Å². The number of rotatable bonds is 5. The molecule has 4 heteroatoms. The van der Waals surface area contributed by atoms with E-state index >= 15 is 0 Å². The molecule has 1 N–H and O–H groups in total. The molecule has 0 bridgehead atoms. The lowest BCUT2D eigenvalue weighted by atomic mass is 9.62. The molecule has 0 amide bonds. The van der Waals surface area contributed by atoms with Gasteiger partial charge >= 0.3 is 0 Å². The van der Waals surface area contributed by atoms with Crippen LogP contribution in [0.15, 0.2) is 59.3 Å². The number of aliphatic hydroxyl groups is 1. The first-order chi connectivity index (χ1) is 14.6. The molecule has 0 radical (unpaired) electrons. The van der Waals surface area contributed by atoms with E-state index in [1.807, 2.05) is 6.08 Å². The zero-order valence-corrected chi connectivity index (χ0v) is 20.2. The Balaban J connectivity index is 1.52. The lowest BCUT2D eigenvalue weighted by Gasteiger charge is -2.42. The molecule has 0 heterocycles. The molecule has 0 aliphatic heterocycles. The van der Waals surface area contributed by atoms with Crippen molar-refractivity contribution in [1.82, 2.24) is 0 Å². The van der Waals surface area contributed by atoms with E-state index in [2.05, 4.69) is 44.7 Å². The van der Waals surface area contributed by atoms with E-state index in [-0.39, 0.29) is 17.4 Å². The predicted octanol–water partition coefficient (Wildman–Crippen LogP) is 5.85. The normalized spacial score (nSPS) is 36.6. The van der Waals surface area contributed by atoms with E-state index in [4.69, 9.17) is 0 Å². The van der Waals surface area contributed by atoms with Crippen LogP contribution in [0.1, 0.15) is 71.6 Å². The minimum Gasteiger partial charge on any atom is -0.393 e. The van der Waals surface area contributed by atoms with Crippen LogP contribution >= 0.6 is 0 Å². The van der Waals surface area contributed by atoms with Gasteiger partial charge in [-0.3, -0.25) is 0 Å². The second-order valence-corrected chi connectivity index (χ2v) is 13.0. The molecule has 31 heavy (non-hydrogen) atoms. The summed E-state index contributed by atoms with van der Waals surface area (Å²) in [7, 11) is -3.03. The molecule has 0 saturated heterocycles. The Morgan fingerprint density at radius 1 is 1.23 bits per heavy atom. The maximum absolute atomic E-state index is 12.1.